The highest BCUT2D eigenvalue weighted by molar-refractivity contribution is 5.77. The minimum absolute atomic E-state index is 0.116. The second kappa shape index (κ2) is 8.50. The Balaban J connectivity index is 2.56. The van der Waals surface area contributed by atoms with Gasteiger partial charge in [-0.15, -0.1) is 0 Å². The molecule has 6 heteroatoms. The fourth-order valence-electron chi connectivity index (χ4n) is 1.68. The van der Waals surface area contributed by atoms with Gasteiger partial charge in [-0.05, 0) is 37.1 Å². The summed E-state index contributed by atoms with van der Waals surface area (Å²) < 4.78 is 23.4. The van der Waals surface area contributed by atoms with Crippen LogP contribution in [0.5, 0.6) is 5.75 Å². The molecule has 0 heterocycles. The average molecular weight is 284 g/mol. The van der Waals surface area contributed by atoms with Crippen LogP contribution in [-0.4, -0.2) is 38.8 Å². The molecule has 0 bridgehead atoms. The van der Waals surface area contributed by atoms with E-state index in [9.17, 15) is 9.18 Å². The average Bonchev–Trinajstić information content (AvgIpc) is 2.37. The molecule has 0 radical (unpaired) electrons. The predicted molar refractivity (Wildman–Crippen MR) is 74.1 cm³/mol. The van der Waals surface area contributed by atoms with Gasteiger partial charge in [-0.2, -0.15) is 0 Å². The fourth-order valence-corrected chi connectivity index (χ4v) is 1.68. The summed E-state index contributed by atoms with van der Waals surface area (Å²) >= 11 is 0. The summed E-state index contributed by atoms with van der Waals surface area (Å²) in [6.45, 7) is 2.57. The maximum atomic E-state index is 13.2. The van der Waals surface area contributed by atoms with Gasteiger partial charge in [0.25, 0.3) is 5.91 Å². The third-order valence-corrected chi connectivity index (χ3v) is 2.55. The monoisotopic (exact) mass is 284 g/mol. The lowest BCUT2D eigenvalue weighted by Crippen LogP contribution is -2.31. The number of hydrogen-bond donors (Lipinski definition) is 2. The van der Waals surface area contributed by atoms with Crippen LogP contribution >= 0.6 is 0 Å². The summed E-state index contributed by atoms with van der Waals surface area (Å²) in [5, 5.41) is 2.64. The zero-order valence-electron chi connectivity index (χ0n) is 11.8. The molecule has 1 aromatic rings. The number of carbonyl (C=O) groups is 1. The number of rotatable bonds is 8. The van der Waals surface area contributed by atoms with E-state index < -0.39 is 0 Å². The molecule has 20 heavy (non-hydrogen) atoms. The molecule has 0 fully saturated rings. The molecule has 1 amide bonds. The van der Waals surface area contributed by atoms with Crippen LogP contribution in [-0.2, 0) is 16.0 Å². The van der Waals surface area contributed by atoms with Crippen LogP contribution in [0.4, 0.5) is 4.39 Å². The lowest BCUT2D eigenvalue weighted by atomic mass is 10.1. The first kappa shape index (κ1) is 16.4. The number of halogens is 1. The molecule has 1 unspecified atom stereocenters. The van der Waals surface area contributed by atoms with Crippen molar-refractivity contribution in [2.75, 3.05) is 26.9 Å². The Kier molecular flexibility index (Phi) is 6.97. The van der Waals surface area contributed by atoms with Crippen LogP contribution in [0.25, 0.3) is 0 Å². The second-order valence-corrected chi connectivity index (χ2v) is 4.56. The number of benzene rings is 1. The Morgan fingerprint density at radius 2 is 2.25 bits per heavy atom. The first-order chi connectivity index (χ1) is 9.52. The largest absolute Gasteiger partial charge is 0.483 e. The number of nitrogens with one attached hydrogen (secondary N) is 1. The molecule has 0 aliphatic carbocycles. The third-order valence-electron chi connectivity index (χ3n) is 2.55. The van der Waals surface area contributed by atoms with E-state index in [1.165, 1.54) is 18.2 Å². The topological polar surface area (TPSA) is 73.6 Å². The van der Waals surface area contributed by atoms with Crippen LogP contribution in [0.15, 0.2) is 18.2 Å². The SMILES string of the molecule is COCCNC(=O)COc1ccc(F)cc1CC(C)N. The van der Waals surface area contributed by atoms with Crippen molar-refractivity contribution in [1.82, 2.24) is 5.32 Å². The van der Waals surface area contributed by atoms with Crippen molar-refractivity contribution in [3.05, 3.63) is 29.6 Å². The van der Waals surface area contributed by atoms with Gasteiger partial charge < -0.3 is 20.5 Å². The zero-order chi connectivity index (χ0) is 15.0. The highest BCUT2D eigenvalue weighted by Gasteiger charge is 2.09. The van der Waals surface area contributed by atoms with Gasteiger partial charge in [0.15, 0.2) is 6.61 Å². The Hall–Kier alpha value is -1.66. The molecule has 0 saturated carbocycles. The zero-order valence-corrected chi connectivity index (χ0v) is 11.8. The van der Waals surface area contributed by atoms with E-state index in [4.69, 9.17) is 15.2 Å². The smallest absolute Gasteiger partial charge is 0.258 e. The first-order valence-corrected chi connectivity index (χ1v) is 6.45. The van der Waals surface area contributed by atoms with E-state index in [0.717, 1.165) is 0 Å². The van der Waals surface area contributed by atoms with Crippen molar-refractivity contribution in [3.8, 4) is 5.75 Å². The summed E-state index contributed by atoms with van der Waals surface area (Å²) in [7, 11) is 1.56. The van der Waals surface area contributed by atoms with Crippen molar-refractivity contribution in [2.45, 2.75) is 19.4 Å². The van der Waals surface area contributed by atoms with Crippen LogP contribution < -0.4 is 15.8 Å². The summed E-state index contributed by atoms with van der Waals surface area (Å²) in [5.74, 6) is -0.124. The molecule has 0 saturated heterocycles. The number of nitrogens with two attached hydrogens (primary N) is 1. The van der Waals surface area contributed by atoms with Gasteiger partial charge in [0.05, 0.1) is 6.61 Å². The number of amides is 1. The van der Waals surface area contributed by atoms with Gasteiger partial charge in [-0.1, -0.05) is 0 Å². The molecule has 1 rings (SSSR count). The minimum atomic E-state index is -0.349. The molecule has 1 atom stereocenters. The standard InChI is InChI=1S/C14H21FN2O3/c1-10(16)7-11-8-12(15)3-4-13(11)20-9-14(18)17-5-6-19-2/h3-4,8,10H,5-7,9,16H2,1-2H3,(H,17,18). The summed E-state index contributed by atoms with van der Waals surface area (Å²) in [6, 6.07) is 4.06. The maximum absolute atomic E-state index is 13.2. The van der Waals surface area contributed by atoms with Gasteiger partial charge in [0.1, 0.15) is 11.6 Å². The number of methoxy groups -OCH3 is 1. The van der Waals surface area contributed by atoms with Gasteiger partial charge in [0.2, 0.25) is 0 Å². The summed E-state index contributed by atoms with van der Waals surface area (Å²) in [6.07, 6.45) is 0.485. The molecule has 3 N–H and O–H groups in total. The number of carbonyl (C=O) groups excluding carboxylic acids is 1. The second-order valence-electron chi connectivity index (χ2n) is 4.56. The van der Waals surface area contributed by atoms with E-state index in [1.807, 2.05) is 6.92 Å². The quantitative estimate of drug-likeness (QED) is 0.694. The van der Waals surface area contributed by atoms with Gasteiger partial charge in [0, 0.05) is 19.7 Å². The Morgan fingerprint density at radius 1 is 1.50 bits per heavy atom. The van der Waals surface area contributed by atoms with Gasteiger partial charge in [-0.3, -0.25) is 4.79 Å². The molecule has 0 aromatic heterocycles. The van der Waals surface area contributed by atoms with Crippen LogP contribution in [0.2, 0.25) is 0 Å². The molecular weight excluding hydrogens is 263 g/mol. The van der Waals surface area contributed by atoms with Crippen molar-refractivity contribution in [3.63, 3.8) is 0 Å². The lowest BCUT2D eigenvalue weighted by Gasteiger charge is -2.13. The maximum Gasteiger partial charge on any atom is 0.258 e. The molecule has 5 nitrogen and oxygen atoms in total. The normalized spacial score (nSPS) is 12.0. The molecule has 112 valence electrons. The van der Waals surface area contributed by atoms with E-state index >= 15 is 0 Å². The van der Waals surface area contributed by atoms with Gasteiger partial charge in [-0.25, -0.2) is 4.39 Å². The summed E-state index contributed by atoms with van der Waals surface area (Å²) in [4.78, 5) is 11.5. The van der Waals surface area contributed by atoms with Crippen LogP contribution in [0.1, 0.15) is 12.5 Å². The lowest BCUT2D eigenvalue weighted by molar-refractivity contribution is -0.123. The fraction of sp³-hybridized carbons (Fsp3) is 0.500. The highest BCUT2D eigenvalue weighted by Crippen LogP contribution is 2.21. The van der Waals surface area contributed by atoms with Crippen LogP contribution in [0, 0.1) is 5.82 Å². The minimum Gasteiger partial charge on any atom is -0.483 e. The van der Waals surface area contributed by atoms with Crippen molar-refractivity contribution in [2.24, 2.45) is 5.73 Å². The Bertz CT molecular complexity index is 438. The van der Waals surface area contributed by atoms with Crippen molar-refractivity contribution >= 4 is 5.91 Å². The molecule has 0 aliphatic heterocycles. The van der Waals surface area contributed by atoms with E-state index in [0.29, 0.717) is 30.9 Å². The molecular formula is C14H21FN2O3. The van der Waals surface area contributed by atoms with E-state index in [-0.39, 0.29) is 24.4 Å². The Morgan fingerprint density at radius 3 is 2.90 bits per heavy atom. The van der Waals surface area contributed by atoms with Gasteiger partial charge >= 0.3 is 0 Å². The number of ether oxygens (including phenoxy) is 2. The predicted octanol–water partition coefficient (Wildman–Crippen LogP) is 0.857. The van der Waals surface area contributed by atoms with Crippen molar-refractivity contribution < 1.29 is 18.7 Å². The molecule has 0 aliphatic rings. The molecule has 1 aromatic carbocycles. The third kappa shape index (κ3) is 5.99. The Labute approximate surface area is 118 Å². The highest BCUT2D eigenvalue weighted by atomic mass is 19.1. The van der Waals surface area contributed by atoms with E-state index in [1.54, 1.807) is 7.11 Å². The van der Waals surface area contributed by atoms with Crippen LogP contribution in [0.3, 0.4) is 0 Å². The molecule has 0 spiro atoms. The first-order valence-electron chi connectivity index (χ1n) is 6.45. The van der Waals surface area contributed by atoms with Crippen molar-refractivity contribution in [1.29, 1.82) is 0 Å². The van der Waals surface area contributed by atoms with E-state index in [2.05, 4.69) is 5.32 Å². The number of hydrogen-bond acceptors (Lipinski definition) is 4. The summed E-state index contributed by atoms with van der Waals surface area (Å²) in [5.41, 5.74) is 6.37.